The third kappa shape index (κ3) is 4.69. The summed E-state index contributed by atoms with van der Waals surface area (Å²) in [4.78, 5) is 9.55. The lowest BCUT2D eigenvalue weighted by Gasteiger charge is -2.40. The van der Waals surface area contributed by atoms with E-state index >= 15 is 0 Å². The molecule has 52 heavy (non-hydrogen) atoms. The number of benzene rings is 6. The van der Waals surface area contributed by atoms with Crippen LogP contribution in [0.3, 0.4) is 0 Å². The van der Waals surface area contributed by atoms with Crippen LogP contribution < -0.4 is 30.2 Å². The normalized spacial score (nSPS) is 12.9. The molecule has 0 atom stereocenters. The highest BCUT2D eigenvalue weighted by Crippen LogP contribution is 2.38. The minimum Gasteiger partial charge on any atom is -0.458 e. The fraction of sp³-hybridized carbons (Fsp3) is 0. The van der Waals surface area contributed by atoms with Crippen LogP contribution in [0.1, 0.15) is 0 Å². The van der Waals surface area contributed by atoms with Crippen molar-refractivity contribution < 1.29 is 9.47 Å². The summed E-state index contributed by atoms with van der Waals surface area (Å²) < 4.78 is 15.6. The number of para-hydroxylation sites is 1. The minimum atomic E-state index is -2.94. The van der Waals surface area contributed by atoms with Crippen LogP contribution in [0.2, 0.25) is 0 Å². The van der Waals surface area contributed by atoms with E-state index in [-0.39, 0.29) is 0 Å². The lowest BCUT2D eigenvalue weighted by molar-refractivity contribution is 0.482. The molecule has 0 amide bonds. The van der Waals surface area contributed by atoms with Crippen LogP contribution in [0.25, 0.3) is 38.9 Å². The monoisotopic (exact) mass is 685 g/mol. The van der Waals surface area contributed by atoms with E-state index in [0.717, 1.165) is 61.9 Å². The van der Waals surface area contributed by atoms with Gasteiger partial charge < -0.3 is 9.47 Å². The van der Waals surface area contributed by atoms with Crippen molar-refractivity contribution in [3.05, 3.63) is 188 Å². The zero-order valence-corrected chi connectivity index (χ0v) is 29.1. The van der Waals surface area contributed by atoms with Crippen molar-refractivity contribution in [3.63, 3.8) is 0 Å². The third-order valence-electron chi connectivity index (χ3n) is 10.1. The summed E-state index contributed by atoms with van der Waals surface area (Å²) in [6, 6.07) is 61.4. The second kappa shape index (κ2) is 12.2. The Bertz CT molecular complexity index is 2710. The van der Waals surface area contributed by atoms with Crippen LogP contribution in [-0.2, 0) is 0 Å². The molecule has 1 aliphatic rings. The molecule has 10 rings (SSSR count). The van der Waals surface area contributed by atoms with E-state index in [1.165, 1.54) is 20.7 Å². The molecule has 1 aliphatic heterocycles. The highest BCUT2D eigenvalue weighted by molar-refractivity contribution is 7.21. The molecule has 0 aliphatic carbocycles. The largest absolute Gasteiger partial charge is 0.458 e. The standard InChI is InChI=1S/C46H31N3O2Si/c1-3-18-36(19-4-1)52(37-20-5-2-6-21-37)43-25-8-7-24-41(43)51-42-27-26-40-44(45(42)52)38-22-13-29-48-46(38)49(40)33-15-12-17-35(31-33)50-34-16-11-14-32(30-34)39-23-9-10-28-47-39/h1-31H. The van der Waals surface area contributed by atoms with Crippen molar-refractivity contribution in [2.45, 2.75) is 0 Å². The SMILES string of the molecule is c1ccc([Si]2(c3ccccc3)c3ccccc3Oc3ccc4c(c32)c2cccnc2n4-c2cccc(Oc3cccc(-c4ccccn4)c3)c2)cc1. The van der Waals surface area contributed by atoms with Crippen molar-refractivity contribution in [3.8, 4) is 39.9 Å². The minimum absolute atomic E-state index is 0.731. The molecule has 0 unspecified atom stereocenters. The number of fused-ring (bicyclic) bond motifs is 6. The van der Waals surface area contributed by atoms with Crippen LogP contribution >= 0.6 is 0 Å². The van der Waals surface area contributed by atoms with Gasteiger partial charge in [-0.15, -0.1) is 0 Å². The van der Waals surface area contributed by atoms with Gasteiger partial charge in [0, 0.05) is 40.0 Å². The Balaban J connectivity index is 1.21. The first-order valence-electron chi connectivity index (χ1n) is 17.4. The number of pyridine rings is 2. The topological polar surface area (TPSA) is 49.2 Å². The van der Waals surface area contributed by atoms with E-state index in [1.54, 1.807) is 6.20 Å². The zero-order chi connectivity index (χ0) is 34.5. The lowest BCUT2D eigenvalue weighted by Crippen LogP contribution is -2.76. The molecule has 0 N–H and O–H groups in total. The summed E-state index contributed by atoms with van der Waals surface area (Å²) in [5.74, 6) is 3.27. The molecular weight excluding hydrogens is 655 g/mol. The molecule has 0 fully saturated rings. The van der Waals surface area contributed by atoms with Crippen molar-refractivity contribution in [2.75, 3.05) is 0 Å². The van der Waals surface area contributed by atoms with Gasteiger partial charge in [-0.05, 0) is 82.3 Å². The van der Waals surface area contributed by atoms with Gasteiger partial charge in [0.15, 0.2) is 8.07 Å². The number of rotatable bonds is 6. The maximum atomic E-state index is 6.86. The second-order valence-corrected chi connectivity index (χ2v) is 16.7. The molecule has 4 heterocycles. The fourth-order valence-electron chi connectivity index (χ4n) is 7.97. The van der Waals surface area contributed by atoms with Crippen LogP contribution in [0.15, 0.2) is 188 Å². The van der Waals surface area contributed by atoms with Crippen molar-refractivity contribution in [2.24, 2.45) is 0 Å². The number of aromatic nitrogens is 3. The molecule has 0 saturated carbocycles. The summed E-state index contributed by atoms with van der Waals surface area (Å²) in [5.41, 5.74) is 4.80. The Labute approximate surface area is 302 Å². The van der Waals surface area contributed by atoms with Crippen LogP contribution in [0.4, 0.5) is 0 Å². The van der Waals surface area contributed by atoms with Gasteiger partial charge in [-0.25, -0.2) is 4.98 Å². The summed E-state index contributed by atoms with van der Waals surface area (Å²) in [6.07, 6.45) is 3.68. The Kier molecular flexibility index (Phi) is 7.08. The summed E-state index contributed by atoms with van der Waals surface area (Å²) >= 11 is 0. The summed E-state index contributed by atoms with van der Waals surface area (Å²) in [7, 11) is -2.94. The van der Waals surface area contributed by atoms with E-state index in [1.807, 2.05) is 66.9 Å². The maximum absolute atomic E-state index is 6.86. The van der Waals surface area contributed by atoms with E-state index in [2.05, 4.69) is 125 Å². The second-order valence-electron chi connectivity index (χ2n) is 13.0. The van der Waals surface area contributed by atoms with Crippen LogP contribution in [0.5, 0.6) is 23.0 Å². The van der Waals surface area contributed by atoms with E-state index in [0.29, 0.717) is 0 Å². The van der Waals surface area contributed by atoms with Gasteiger partial charge in [-0.2, -0.15) is 0 Å². The molecule has 3 aromatic heterocycles. The highest BCUT2D eigenvalue weighted by Gasteiger charge is 2.49. The predicted octanol–water partition coefficient (Wildman–Crippen LogP) is 8.52. The van der Waals surface area contributed by atoms with Crippen molar-refractivity contribution in [1.82, 2.24) is 14.5 Å². The molecule has 6 aromatic carbocycles. The lowest BCUT2D eigenvalue weighted by atomic mass is 10.1. The van der Waals surface area contributed by atoms with E-state index in [4.69, 9.17) is 14.5 Å². The van der Waals surface area contributed by atoms with Gasteiger partial charge in [-0.3, -0.25) is 9.55 Å². The van der Waals surface area contributed by atoms with Gasteiger partial charge in [-0.1, -0.05) is 103 Å². The average molecular weight is 686 g/mol. The van der Waals surface area contributed by atoms with E-state index in [9.17, 15) is 0 Å². The predicted molar refractivity (Wildman–Crippen MR) is 212 cm³/mol. The van der Waals surface area contributed by atoms with Crippen molar-refractivity contribution >= 4 is 50.8 Å². The number of nitrogens with zero attached hydrogens (tertiary/aromatic N) is 3. The number of hydrogen-bond acceptors (Lipinski definition) is 4. The van der Waals surface area contributed by atoms with Gasteiger partial charge >= 0.3 is 0 Å². The molecule has 5 nitrogen and oxygen atoms in total. The molecule has 0 spiro atoms. The number of hydrogen-bond donors (Lipinski definition) is 0. The third-order valence-corrected chi connectivity index (χ3v) is 14.9. The smallest absolute Gasteiger partial charge is 0.189 e. The molecule has 0 saturated heterocycles. The van der Waals surface area contributed by atoms with Gasteiger partial charge in [0.25, 0.3) is 0 Å². The Morgan fingerprint density at radius 2 is 1.25 bits per heavy atom. The molecular formula is C46H31N3O2Si. The highest BCUT2D eigenvalue weighted by atomic mass is 28.3. The van der Waals surface area contributed by atoms with Gasteiger partial charge in [0.1, 0.15) is 28.6 Å². The van der Waals surface area contributed by atoms with Crippen LogP contribution in [0, 0.1) is 0 Å². The fourth-order valence-corrected chi connectivity index (χ4v) is 13.1. The average Bonchev–Trinajstić information content (AvgIpc) is 3.56. The van der Waals surface area contributed by atoms with Crippen molar-refractivity contribution in [1.29, 1.82) is 0 Å². The summed E-state index contributed by atoms with van der Waals surface area (Å²) in [5, 5.41) is 7.31. The summed E-state index contributed by atoms with van der Waals surface area (Å²) in [6.45, 7) is 0. The van der Waals surface area contributed by atoms with E-state index < -0.39 is 8.07 Å². The number of ether oxygens (including phenoxy) is 2. The van der Waals surface area contributed by atoms with Gasteiger partial charge in [0.05, 0.1) is 16.9 Å². The van der Waals surface area contributed by atoms with Gasteiger partial charge in [0.2, 0.25) is 0 Å². The Hall–Kier alpha value is -6.76. The van der Waals surface area contributed by atoms with Crippen LogP contribution in [-0.4, -0.2) is 22.6 Å². The molecule has 9 aromatic rings. The Morgan fingerprint density at radius 3 is 2.04 bits per heavy atom. The molecule has 0 bridgehead atoms. The molecule has 246 valence electrons. The maximum Gasteiger partial charge on any atom is 0.189 e. The molecule has 0 radical (unpaired) electrons. The molecule has 6 heteroatoms. The zero-order valence-electron chi connectivity index (χ0n) is 28.1. The first kappa shape index (κ1) is 30.1. The first-order valence-corrected chi connectivity index (χ1v) is 19.4. The first-order chi connectivity index (χ1) is 25.8. The Morgan fingerprint density at radius 1 is 0.538 bits per heavy atom. The quantitative estimate of drug-likeness (QED) is 0.165.